The van der Waals surface area contributed by atoms with Gasteiger partial charge in [0.1, 0.15) is 10.7 Å². The van der Waals surface area contributed by atoms with Crippen LogP contribution in [0.2, 0.25) is 5.02 Å². The van der Waals surface area contributed by atoms with Crippen LogP contribution in [0.4, 0.5) is 5.69 Å². The van der Waals surface area contributed by atoms with Crippen LogP contribution < -0.4 is 34.7 Å². The summed E-state index contributed by atoms with van der Waals surface area (Å²) in [7, 11) is -4.52. The molecule has 0 fully saturated rings. The minimum absolute atomic E-state index is 0. The molecule has 0 heterocycles. The molecule has 6 nitrogen and oxygen atoms in total. The van der Waals surface area contributed by atoms with Crippen molar-refractivity contribution in [2.45, 2.75) is 25.2 Å². The van der Waals surface area contributed by atoms with Gasteiger partial charge in [-0.25, -0.2) is 0 Å². The molecule has 0 aliphatic carbocycles. The van der Waals surface area contributed by atoms with E-state index < -0.39 is 20.9 Å². The fourth-order valence-electron chi connectivity index (χ4n) is 1.47. The van der Waals surface area contributed by atoms with Gasteiger partial charge >= 0.3 is 29.6 Å². The monoisotopic (exact) mass is 327 g/mol. The van der Waals surface area contributed by atoms with Crippen LogP contribution in [0.5, 0.6) is 0 Å². The Kier molecular flexibility index (Phi) is 7.37. The molecule has 0 saturated carbocycles. The van der Waals surface area contributed by atoms with E-state index >= 15 is 0 Å². The molecular formula is C11H11ClNNaO5S. The number of Topliss-reactive ketones (excluding diaryl/α,β-unsaturated/α-hetero) is 1. The van der Waals surface area contributed by atoms with Gasteiger partial charge in [0.2, 0.25) is 0 Å². The Bertz CT molecular complexity index is 657. The summed E-state index contributed by atoms with van der Waals surface area (Å²) in [5.74, 6) is -1.05. The zero-order chi connectivity index (χ0) is 14.8. The third kappa shape index (κ3) is 5.16. The molecule has 1 N–H and O–H groups in total. The van der Waals surface area contributed by atoms with Crippen molar-refractivity contribution in [2.75, 3.05) is 0 Å². The van der Waals surface area contributed by atoms with Crippen LogP contribution in [-0.4, -0.2) is 24.7 Å². The number of nitrogens with zero attached hydrogens (tertiary/aromatic N) is 1. The first-order chi connectivity index (χ1) is 8.62. The number of benzene rings is 1. The van der Waals surface area contributed by atoms with Crippen LogP contribution >= 0.6 is 11.6 Å². The van der Waals surface area contributed by atoms with E-state index in [-0.39, 0.29) is 58.0 Å². The molecule has 20 heavy (non-hydrogen) atoms. The molecule has 0 bridgehead atoms. The van der Waals surface area contributed by atoms with Crippen molar-refractivity contribution in [1.29, 1.82) is 0 Å². The number of hydrogen-bond acceptors (Lipinski definition) is 5. The van der Waals surface area contributed by atoms with Gasteiger partial charge in [-0.05, 0) is 37.4 Å². The second-order valence-corrected chi connectivity index (χ2v) is 5.65. The molecule has 0 saturated heterocycles. The standard InChI is InChI=1S/C11H12ClNO5S.Na/c1-6(14)5-10(15)13-9-4-3-8(12)11(7(9)2)19(16,17)18;/h3-4H,5H2,1-2H3,(H,13,15)(H,16,17,18);/q;+1/p-1. The molecule has 1 rings (SSSR count). The van der Waals surface area contributed by atoms with Crippen molar-refractivity contribution >= 4 is 39.1 Å². The van der Waals surface area contributed by atoms with E-state index in [4.69, 9.17) is 16.2 Å². The van der Waals surface area contributed by atoms with Gasteiger partial charge in [0.25, 0.3) is 10.1 Å². The first-order valence-electron chi connectivity index (χ1n) is 5.13. The maximum absolute atomic E-state index is 11.4. The third-order valence-electron chi connectivity index (χ3n) is 2.23. The average molecular weight is 328 g/mol. The van der Waals surface area contributed by atoms with Crippen molar-refractivity contribution in [1.82, 2.24) is 0 Å². The summed E-state index contributed by atoms with van der Waals surface area (Å²) in [6.45, 7) is 2.60. The number of rotatable bonds is 4. The van der Waals surface area contributed by atoms with Gasteiger partial charge in [0.15, 0.2) is 0 Å². The van der Waals surface area contributed by atoms with Gasteiger partial charge in [-0.3, -0.25) is 14.3 Å². The fourth-order valence-corrected chi connectivity index (χ4v) is 2.78. The minimum Gasteiger partial charge on any atom is -0.861 e. The largest absolute Gasteiger partial charge is 1.00 e. The zero-order valence-electron chi connectivity index (χ0n) is 11.2. The Morgan fingerprint density at radius 1 is 1.45 bits per heavy atom. The molecule has 1 aromatic rings. The van der Waals surface area contributed by atoms with Crippen LogP contribution in [0.3, 0.4) is 0 Å². The third-order valence-corrected chi connectivity index (χ3v) is 3.70. The van der Waals surface area contributed by atoms with Gasteiger partial charge in [-0.15, -0.1) is 0 Å². The van der Waals surface area contributed by atoms with Crippen LogP contribution in [0.1, 0.15) is 18.9 Å². The number of halogens is 1. The maximum atomic E-state index is 11.4. The van der Waals surface area contributed by atoms with Gasteiger partial charge in [-0.1, -0.05) is 11.6 Å². The van der Waals surface area contributed by atoms with E-state index in [0.717, 1.165) is 0 Å². The van der Waals surface area contributed by atoms with Crippen molar-refractivity contribution in [3.63, 3.8) is 0 Å². The van der Waals surface area contributed by atoms with Gasteiger partial charge in [0, 0.05) is 6.42 Å². The number of aliphatic imine (C=N–C) groups is 1. The van der Waals surface area contributed by atoms with E-state index in [0.29, 0.717) is 0 Å². The molecule has 0 radical (unpaired) electrons. The molecular weight excluding hydrogens is 317 g/mol. The van der Waals surface area contributed by atoms with E-state index in [1.165, 1.54) is 26.0 Å². The van der Waals surface area contributed by atoms with Gasteiger partial charge in [-0.2, -0.15) is 8.42 Å². The summed E-state index contributed by atoms with van der Waals surface area (Å²) < 4.78 is 31.4. The van der Waals surface area contributed by atoms with Crippen molar-refractivity contribution < 1.29 is 52.4 Å². The Morgan fingerprint density at radius 2 is 2.00 bits per heavy atom. The first kappa shape index (κ1) is 19.6. The maximum Gasteiger partial charge on any atom is 1.00 e. The summed E-state index contributed by atoms with van der Waals surface area (Å²) in [5, 5.41) is 11.2. The summed E-state index contributed by atoms with van der Waals surface area (Å²) in [4.78, 5) is 13.9. The van der Waals surface area contributed by atoms with Crippen LogP contribution in [-0.2, 0) is 14.9 Å². The summed E-state index contributed by atoms with van der Waals surface area (Å²) in [5.41, 5.74) is 0.0928. The van der Waals surface area contributed by atoms with Gasteiger partial charge in [0.05, 0.1) is 10.7 Å². The predicted octanol–water partition coefficient (Wildman–Crippen LogP) is -1.73. The summed E-state index contributed by atoms with van der Waals surface area (Å²) in [6, 6.07) is 2.54. The van der Waals surface area contributed by atoms with E-state index in [1.807, 2.05) is 0 Å². The van der Waals surface area contributed by atoms with Crippen LogP contribution in [0.25, 0.3) is 0 Å². The number of ketones is 1. The topological polar surface area (TPSA) is 107 Å². The molecule has 0 amide bonds. The Hall–Kier alpha value is -0.440. The second-order valence-electron chi connectivity index (χ2n) is 3.88. The number of carbonyl (C=O) groups excluding carboxylic acids is 1. The Labute approximate surface area is 143 Å². The molecule has 1 aromatic carbocycles. The molecule has 0 aliphatic heterocycles. The van der Waals surface area contributed by atoms with Crippen LogP contribution in [0, 0.1) is 6.92 Å². The molecule has 0 aromatic heterocycles. The minimum atomic E-state index is -4.52. The van der Waals surface area contributed by atoms with E-state index in [9.17, 15) is 18.3 Å². The van der Waals surface area contributed by atoms with Gasteiger partial charge < -0.3 is 5.11 Å². The van der Waals surface area contributed by atoms with Crippen LogP contribution in [0.15, 0.2) is 22.0 Å². The smallest absolute Gasteiger partial charge is 0.861 e. The second kappa shape index (κ2) is 7.53. The van der Waals surface area contributed by atoms with Crippen molar-refractivity contribution in [2.24, 2.45) is 4.99 Å². The van der Waals surface area contributed by atoms with E-state index in [2.05, 4.69) is 4.99 Å². The first-order valence-corrected chi connectivity index (χ1v) is 6.95. The number of carbonyl (C=O) groups is 1. The Morgan fingerprint density at radius 3 is 2.45 bits per heavy atom. The summed E-state index contributed by atoms with van der Waals surface area (Å²) >= 11 is 5.69. The summed E-state index contributed by atoms with van der Waals surface area (Å²) in [6.07, 6.45) is -0.372. The molecule has 0 aliphatic rings. The van der Waals surface area contributed by atoms with E-state index in [1.54, 1.807) is 0 Å². The van der Waals surface area contributed by atoms with Crippen molar-refractivity contribution in [3.05, 3.63) is 22.7 Å². The Balaban J connectivity index is 0.00000361. The SMILES string of the molecule is CC(=O)CC([O-])=Nc1ccc(Cl)c(S(=O)(=O)O)c1C.[Na+]. The molecule has 9 heteroatoms. The number of hydrogen-bond donors (Lipinski definition) is 1. The molecule has 0 atom stereocenters. The van der Waals surface area contributed by atoms with Crippen molar-refractivity contribution in [3.8, 4) is 0 Å². The normalized spacial score (nSPS) is 11.9. The predicted molar refractivity (Wildman–Crippen MR) is 68.4 cm³/mol. The molecule has 0 spiro atoms. The quantitative estimate of drug-likeness (QED) is 0.306. The molecule has 104 valence electrons. The fraction of sp³-hybridized carbons (Fsp3) is 0.273. The zero-order valence-corrected chi connectivity index (χ0v) is 14.7. The molecule has 0 unspecified atom stereocenters. The average Bonchev–Trinajstić information content (AvgIpc) is 2.19.